The molecule has 0 spiro atoms. The molecule has 2 amide bonds. The largest absolute Gasteiger partial charge is 0.372 e. The second kappa shape index (κ2) is 5.84. The zero-order valence-electron chi connectivity index (χ0n) is 10.7. The second-order valence-corrected chi connectivity index (χ2v) is 4.21. The predicted octanol–water partition coefficient (Wildman–Crippen LogP) is 0.428. The third kappa shape index (κ3) is 2.95. The smallest absolute Gasteiger partial charge is 0.249 e. The van der Waals surface area contributed by atoms with Gasteiger partial charge in [-0.05, 0) is 19.3 Å². The standard InChI is InChI=1S/C11H22N2O3/c1-6-11(7(2)3,10(12)15)13-9(14)8(4)16-5/h7-8H,6H2,1-5H3,(H2,12,15)(H,13,14)/t8-,11-/m1/s1. The highest BCUT2D eigenvalue weighted by Crippen LogP contribution is 2.21. The number of hydrogen-bond donors (Lipinski definition) is 2. The zero-order valence-corrected chi connectivity index (χ0v) is 10.7. The van der Waals surface area contributed by atoms with Crippen molar-refractivity contribution in [1.29, 1.82) is 0 Å². The van der Waals surface area contributed by atoms with Crippen LogP contribution < -0.4 is 11.1 Å². The van der Waals surface area contributed by atoms with E-state index >= 15 is 0 Å². The molecule has 0 aromatic carbocycles. The summed E-state index contributed by atoms with van der Waals surface area (Å²) < 4.78 is 4.90. The highest BCUT2D eigenvalue weighted by Gasteiger charge is 2.40. The molecule has 0 saturated heterocycles. The van der Waals surface area contributed by atoms with Crippen LogP contribution >= 0.6 is 0 Å². The van der Waals surface area contributed by atoms with Crippen LogP contribution in [0, 0.1) is 5.92 Å². The Labute approximate surface area is 96.7 Å². The van der Waals surface area contributed by atoms with Gasteiger partial charge in [0.15, 0.2) is 0 Å². The van der Waals surface area contributed by atoms with Crippen molar-refractivity contribution in [2.45, 2.75) is 45.8 Å². The van der Waals surface area contributed by atoms with Crippen LogP contribution in [0.2, 0.25) is 0 Å². The van der Waals surface area contributed by atoms with Gasteiger partial charge in [-0.1, -0.05) is 20.8 Å². The number of amides is 2. The van der Waals surface area contributed by atoms with Crippen LogP contribution in [0.15, 0.2) is 0 Å². The second-order valence-electron chi connectivity index (χ2n) is 4.21. The quantitative estimate of drug-likeness (QED) is 0.694. The molecule has 0 heterocycles. The van der Waals surface area contributed by atoms with E-state index in [0.29, 0.717) is 6.42 Å². The molecule has 0 fully saturated rings. The van der Waals surface area contributed by atoms with Crippen molar-refractivity contribution in [3.8, 4) is 0 Å². The van der Waals surface area contributed by atoms with Crippen LogP contribution in [-0.2, 0) is 14.3 Å². The first-order chi connectivity index (χ1) is 7.31. The molecule has 3 N–H and O–H groups in total. The Balaban J connectivity index is 4.94. The van der Waals surface area contributed by atoms with Gasteiger partial charge >= 0.3 is 0 Å². The van der Waals surface area contributed by atoms with Crippen molar-refractivity contribution >= 4 is 11.8 Å². The fraction of sp³-hybridized carbons (Fsp3) is 0.818. The van der Waals surface area contributed by atoms with E-state index in [1.165, 1.54) is 7.11 Å². The summed E-state index contributed by atoms with van der Waals surface area (Å²) in [5.41, 5.74) is 4.38. The minimum atomic E-state index is -0.996. The van der Waals surface area contributed by atoms with Crippen LogP contribution in [0.25, 0.3) is 0 Å². The number of nitrogens with two attached hydrogens (primary N) is 1. The SMILES string of the molecule is CC[C@](NC(=O)[C@@H](C)OC)(C(N)=O)C(C)C. The average molecular weight is 230 g/mol. The Morgan fingerprint density at radius 3 is 2.12 bits per heavy atom. The topological polar surface area (TPSA) is 81.4 Å². The van der Waals surface area contributed by atoms with Gasteiger partial charge in [0.2, 0.25) is 11.8 Å². The zero-order chi connectivity index (χ0) is 12.9. The number of primary amides is 1. The molecule has 0 bridgehead atoms. The predicted molar refractivity (Wildman–Crippen MR) is 61.7 cm³/mol. The third-order valence-electron chi connectivity index (χ3n) is 3.05. The van der Waals surface area contributed by atoms with Crippen molar-refractivity contribution in [3.63, 3.8) is 0 Å². The highest BCUT2D eigenvalue weighted by atomic mass is 16.5. The summed E-state index contributed by atoms with van der Waals surface area (Å²) in [7, 11) is 1.44. The van der Waals surface area contributed by atoms with Gasteiger partial charge in [-0.15, -0.1) is 0 Å². The lowest BCUT2D eigenvalue weighted by molar-refractivity contribution is -0.138. The van der Waals surface area contributed by atoms with E-state index in [0.717, 1.165) is 0 Å². The molecule has 0 aliphatic carbocycles. The Kier molecular flexibility index (Phi) is 5.44. The fourth-order valence-electron chi connectivity index (χ4n) is 1.59. The first-order valence-electron chi connectivity index (χ1n) is 5.46. The van der Waals surface area contributed by atoms with Gasteiger partial charge in [0.05, 0.1) is 0 Å². The van der Waals surface area contributed by atoms with E-state index in [1.807, 2.05) is 20.8 Å². The number of methoxy groups -OCH3 is 1. The summed E-state index contributed by atoms with van der Waals surface area (Å²) in [6.07, 6.45) is -0.133. The van der Waals surface area contributed by atoms with Gasteiger partial charge in [-0.2, -0.15) is 0 Å². The lowest BCUT2D eigenvalue weighted by Crippen LogP contribution is -2.62. The summed E-state index contributed by atoms with van der Waals surface area (Å²) in [6.45, 7) is 7.15. The maximum Gasteiger partial charge on any atom is 0.249 e. The van der Waals surface area contributed by atoms with E-state index in [-0.39, 0.29) is 11.8 Å². The number of hydrogen-bond acceptors (Lipinski definition) is 3. The minimum Gasteiger partial charge on any atom is -0.372 e. The summed E-state index contributed by atoms with van der Waals surface area (Å²) in [5, 5.41) is 2.69. The van der Waals surface area contributed by atoms with Gasteiger partial charge in [-0.3, -0.25) is 9.59 Å². The number of carbonyl (C=O) groups is 2. The summed E-state index contributed by atoms with van der Waals surface area (Å²) in [5.74, 6) is -0.901. The van der Waals surface area contributed by atoms with Crippen molar-refractivity contribution in [2.75, 3.05) is 7.11 Å². The summed E-state index contributed by atoms with van der Waals surface area (Å²) in [4.78, 5) is 23.2. The molecule has 0 radical (unpaired) electrons. The number of ether oxygens (including phenoxy) is 1. The number of nitrogens with one attached hydrogen (secondary N) is 1. The van der Waals surface area contributed by atoms with E-state index < -0.39 is 17.6 Å². The van der Waals surface area contributed by atoms with Gasteiger partial charge in [0.1, 0.15) is 11.6 Å². The molecular formula is C11H22N2O3. The monoisotopic (exact) mass is 230 g/mol. The molecule has 16 heavy (non-hydrogen) atoms. The maximum atomic E-state index is 11.7. The lowest BCUT2D eigenvalue weighted by atomic mass is 9.83. The average Bonchev–Trinajstić information content (AvgIpc) is 2.23. The van der Waals surface area contributed by atoms with Gasteiger partial charge in [0, 0.05) is 7.11 Å². The van der Waals surface area contributed by atoms with Crippen LogP contribution in [0.5, 0.6) is 0 Å². The third-order valence-corrected chi connectivity index (χ3v) is 3.05. The normalized spacial score (nSPS) is 16.6. The van der Waals surface area contributed by atoms with Crippen LogP contribution in [0.4, 0.5) is 0 Å². The minimum absolute atomic E-state index is 0.0667. The first kappa shape index (κ1) is 14.9. The molecular weight excluding hydrogens is 208 g/mol. The highest BCUT2D eigenvalue weighted by molar-refractivity contribution is 5.92. The first-order valence-corrected chi connectivity index (χ1v) is 5.46. The number of carbonyl (C=O) groups excluding carboxylic acids is 2. The Morgan fingerprint density at radius 1 is 1.38 bits per heavy atom. The molecule has 5 heteroatoms. The van der Waals surface area contributed by atoms with E-state index in [9.17, 15) is 9.59 Å². The molecule has 2 atom stereocenters. The van der Waals surface area contributed by atoms with E-state index in [2.05, 4.69) is 5.32 Å². The van der Waals surface area contributed by atoms with E-state index in [1.54, 1.807) is 6.92 Å². The lowest BCUT2D eigenvalue weighted by Gasteiger charge is -2.35. The van der Waals surface area contributed by atoms with Crippen LogP contribution in [0.3, 0.4) is 0 Å². The van der Waals surface area contributed by atoms with Gasteiger partial charge in [0.25, 0.3) is 0 Å². The van der Waals surface area contributed by atoms with Crippen molar-refractivity contribution in [1.82, 2.24) is 5.32 Å². The van der Waals surface area contributed by atoms with Gasteiger partial charge in [-0.25, -0.2) is 0 Å². The van der Waals surface area contributed by atoms with Crippen LogP contribution in [0.1, 0.15) is 34.1 Å². The van der Waals surface area contributed by atoms with Crippen LogP contribution in [-0.4, -0.2) is 30.6 Å². The Morgan fingerprint density at radius 2 is 1.88 bits per heavy atom. The summed E-state index contributed by atoms with van der Waals surface area (Å²) in [6, 6.07) is 0. The molecule has 0 aliphatic heterocycles. The molecule has 5 nitrogen and oxygen atoms in total. The molecule has 0 aromatic rings. The fourth-order valence-corrected chi connectivity index (χ4v) is 1.59. The molecule has 0 aromatic heterocycles. The molecule has 0 unspecified atom stereocenters. The Hall–Kier alpha value is -1.10. The Bertz CT molecular complexity index is 266. The van der Waals surface area contributed by atoms with Gasteiger partial charge < -0.3 is 15.8 Å². The summed E-state index contributed by atoms with van der Waals surface area (Å²) >= 11 is 0. The van der Waals surface area contributed by atoms with Crippen molar-refractivity contribution in [2.24, 2.45) is 11.7 Å². The molecule has 0 aliphatic rings. The molecule has 0 rings (SSSR count). The maximum absolute atomic E-state index is 11.7. The van der Waals surface area contributed by atoms with Crippen molar-refractivity contribution in [3.05, 3.63) is 0 Å². The van der Waals surface area contributed by atoms with Crippen molar-refractivity contribution < 1.29 is 14.3 Å². The number of rotatable bonds is 6. The molecule has 0 saturated carbocycles. The molecule has 94 valence electrons. The van der Waals surface area contributed by atoms with E-state index in [4.69, 9.17) is 10.5 Å².